The molecule has 0 heterocycles. The Labute approximate surface area is 50.3 Å². The van der Waals surface area contributed by atoms with Gasteiger partial charge in [-0.05, 0) is 14.0 Å². The summed E-state index contributed by atoms with van der Waals surface area (Å²) in [5.74, 6) is 0. The van der Waals surface area contributed by atoms with E-state index in [9.17, 15) is 0 Å². The van der Waals surface area contributed by atoms with Crippen LogP contribution < -0.4 is 5.32 Å². The second-order valence-corrected chi connectivity index (χ2v) is 1.41. The van der Waals surface area contributed by atoms with Gasteiger partial charge in [0, 0.05) is 6.54 Å². The van der Waals surface area contributed by atoms with Crippen molar-refractivity contribution in [2.45, 2.75) is 13.0 Å². The van der Waals surface area contributed by atoms with Gasteiger partial charge in [0.2, 0.25) is 0 Å². The number of rotatable bonds is 2. The quantitative estimate of drug-likeness (QED) is 0.545. The van der Waals surface area contributed by atoms with Gasteiger partial charge in [0.1, 0.15) is 0 Å². The zero-order chi connectivity index (χ0) is 4.99. The predicted octanol–water partition coefficient (Wildman–Crippen LogP) is 0.00840. The molecule has 0 rings (SSSR count). The van der Waals surface area contributed by atoms with Crippen LogP contribution >= 0.6 is 12.4 Å². The number of halogens is 1. The van der Waals surface area contributed by atoms with Crippen LogP contribution in [0.5, 0.6) is 0 Å². The van der Waals surface area contributed by atoms with Crippen molar-refractivity contribution in [3.8, 4) is 0 Å². The van der Waals surface area contributed by atoms with E-state index in [-0.39, 0.29) is 18.5 Å². The van der Waals surface area contributed by atoms with Crippen molar-refractivity contribution in [2.24, 2.45) is 0 Å². The molecule has 0 spiro atoms. The Kier molecular flexibility index (Phi) is 9.09. The molecule has 0 aromatic carbocycles. The molecule has 1 atom stereocenters. The Morgan fingerprint density at radius 2 is 2.14 bits per heavy atom. The number of nitrogens with one attached hydrogen (secondary N) is 1. The molecule has 0 radical (unpaired) electrons. The molecule has 0 saturated carbocycles. The average Bonchev–Trinajstić information content (AvgIpc) is 1.35. The molecule has 3 heteroatoms. The van der Waals surface area contributed by atoms with Crippen LogP contribution in [0.3, 0.4) is 0 Å². The van der Waals surface area contributed by atoms with Crippen molar-refractivity contribution in [2.75, 3.05) is 13.6 Å². The van der Waals surface area contributed by atoms with Gasteiger partial charge in [0.15, 0.2) is 0 Å². The minimum atomic E-state index is -0.213. The van der Waals surface area contributed by atoms with Crippen LogP contribution in [-0.2, 0) is 0 Å². The van der Waals surface area contributed by atoms with Crippen molar-refractivity contribution in [3.05, 3.63) is 0 Å². The third kappa shape index (κ3) is 10.7. The van der Waals surface area contributed by atoms with E-state index in [0.717, 1.165) is 0 Å². The van der Waals surface area contributed by atoms with Crippen LogP contribution in [0.1, 0.15) is 6.92 Å². The molecular weight excluding hydrogens is 114 g/mol. The summed E-state index contributed by atoms with van der Waals surface area (Å²) >= 11 is 0. The molecule has 0 aliphatic rings. The number of hydrogen-bond acceptors (Lipinski definition) is 2. The van der Waals surface area contributed by atoms with Gasteiger partial charge in [-0.15, -0.1) is 12.4 Å². The molecule has 0 saturated heterocycles. The first kappa shape index (κ1) is 10.2. The van der Waals surface area contributed by atoms with E-state index in [0.29, 0.717) is 6.54 Å². The first-order chi connectivity index (χ1) is 2.77. The Bertz CT molecular complexity index is 32.9. The monoisotopic (exact) mass is 125 g/mol. The number of aliphatic hydroxyl groups is 1. The maximum atomic E-state index is 8.49. The van der Waals surface area contributed by atoms with Gasteiger partial charge in [-0.3, -0.25) is 0 Å². The minimum absolute atomic E-state index is 0. The highest BCUT2D eigenvalue weighted by molar-refractivity contribution is 5.85. The first-order valence-electron chi connectivity index (χ1n) is 2.10. The molecule has 0 amide bonds. The van der Waals surface area contributed by atoms with Gasteiger partial charge >= 0.3 is 0 Å². The highest BCUT2D eigenvalue weighted by atomic mass is 35.5. The number of hydrogen-bond donors (Lipinski definition) is 2. The fourth-order valence-corrected chi connectivity index (χ4v) is 0.295. The predicted molar refractivity (Wildman–Crippen MR) is 32.9 cm³/mol. The molecule has 2 nitrogen and oxygen atoms in total. The third-order valence-corrected chi connectivity index (χ3v) is 0.500. The summed E-state index contributed by atoms with van der Waals surface area (Å²) in [7, 11) is 1.81. The Morgan fingerprint density at radius 1 is 1.71 bits per heavy atom. The van der Waals surface area contributed by atoms with Crippen LogP contribution in [0.4, 0.5) is 0 Å². The smallest absolute Gasteiger partial charge is 0.0636 e. The third-order valence-electron chi connectivity index (χ3n) is 0.500. The summed E-state index contributed by atoms with van der Waals surface area (Å²) in [6.07, 6.45) is -0.213. The maximum absolute atomic E-state index is 8.49. The lowest BCUT2D eigenvalue weighted by molar-refractivity contribution is 0.194. The van der Waals surface area contributed by atoms with Gasteiger partial charge in [-0.1, -0.05) is 0 Å². The largest absolute Gasteiger partial charge is 0.392 e. The molecule has 0 unspecified atom stereocenters. The molecule has 0 fully saturated rings. The van der Waals surface area contributed by atoms with Gasteiger partial charge in [-0.2, -0.15) is 0 Å². The fraction of sp³-hybridized carbons (Fsp3) is 1.00. The van der Waals surface area contributed by atoms with Crippen molar-refractivity contribution >= 4 is 12.4 Å². The molecule has 0 aromatic heterocycles. The Hall–Kier alpha value is 0.210. The maximum Gasteiger partial charge on any atom is 0.0636 e. The first-order valence-corrected chi connectivity index (χ1v) is 2.10. The minimum Gasteiger partial charge on any atom is -0.392 e. The summed E-state index contributed by atoms with van der Waals surface area (Å²) < 4.78 is 0. The lowest BCUT2D eigenvalue weighted by Gasteiger charge is -1.97. The average molecular weight is 126 g/mol. The highest BCUT2D eigenvalue weighted by Crippen LogP contribution is 1.69. The van der Waals surface area contributed by atoms with E-state index >= 15 is 0 Å². The molecule has 0 aliphatic carbocycles. The second kappa shape index (κ2) is 6.21. The molecule has 2 N–H and O–H groups in total. The molecule has 7 heavy (non-hydrogen) atoms. The van der Waals surface area contributed by atoms with Crippen molar-refractivity contribution < 1.29 is 5.11 Å². The van der Waals surface area contributed by atoms with Gasteiger partial charge < -0.3 is 10.4 Å². The number of aliphatic hydroxyl groups excluding tert-OH is 1. The normalized spacial score (nSPS) is 12.4. The fourth-order valence-electron chi connectivity index (χ4n) is 0.295. The topological polar surface area (TPSA) is 32.3 Å². The van der Waals surface area contributed by atoms with E-state index in [4.69, 9.17) is 5.11 Å². The highest BCUT2D eigenvalue weighted by Gasteiger charge is 1.86. The van der Waals surface area contributed by atoms with Gasteiger partial charge in [0.25, 0.3) is 0 Å². The van der Waals surface area contributed by atoms with E-state index in [2.05, 4.69) is 5.32 Å². The second-order valence-electron chi connectivity index (χ2n) is 1.41. The summed E-state index contributed by atoms with van der Waals surface area (Å²) in [6.45, 7) is 2.43. The summed E-state index contributed by atoms with van der Waals surface area (Å²) in [6, 6.07) is 0. The zero-order valence-corrected chi connectivity index (χ0v) is 5.46. The zero-order valence-electron chi connectivity index (χ0n) is 4.64. The van der Waals surface area contributed by atoms with E-state index < -0.39 is 0 Å². The van der Waals surface area contributed by atoms with E-state index in [1.54, 1.807) is 6.92 Å². The van der Waals surface area contributed by atoms with E-state index in [1.165, 1.54) is 0 Å². The summed E-state index contributed by atoms with van der Waals surface area (Å²) in [5.41, 5.74) is 0. The standard InChI is InChI=1S/C4H11NO.ClH/c1-4(6)3-5-2;/h4-6H,3H2,1-2H3;1H/t4-;/m1./s1. The SMILES string of the molecule is CNC[C@@H](C)O.Cl. The molecular formula is C4H12ClNO. The van der Waals surface area contributed by atoms with Crippen molar-refractivity contribution in [3.63, 3.8) is 0 Å². The van der Waals surface area contributed by atoms with Crippen LogP contribution in [0.25, 0.3) is 0 Å². The molecule has 0 aliphatic heterocycles. The van der Waals surface area contributed by atoms with Gasteiger partial charge in [0.05, 0.1) is 6.10 Å². The lowest BCUT2D eigenvalue weighted by Crippen LogP contribution is -2.19. The summed E-state index contributed by atoms with van der Waals surface area (Å²) in [4.78, 5) is 0. The lowest BCUT2D eigenvalue weighted by atomic mass is 10.4. The van der Waals surface area contributed by atoms with Crippen molar-refractivity contribution in [1.29, 1.82) is 0 Å². The summed E-state index contributed by atoms with van der Waals surface area (Å²) in [5, 5.41) is 11.3. The molecule has 0 aromatic rings. The van der Waals surface area contributed by atoms with Gasteiger partial charge in [-0.25, -0.2) is 0 Å². The van der Waals surface area contributed by atoms with Crippen LogP contribution in [0.15, 0.2) is 0 Å². The Balaban J connectivity index is 0. The molecule has 0 bridgehead atoms. The van der Waals surface area contributed by atoms with E-state index in [1.807, 2.05) is 7.05 Å². The van der Waals surface area contributed by atoms with Crippen LogP contribution in [0.2, 0.25) is 0 Å². The van der Waals surface area contributed by atoms with Crippen molar-refractivity contribution in [1.82, 2.24) is 5.32 Å². The Morgan fingerprint density at radius 3 is 2.14 bits per heavy atom. The van der Waals surface area contributed by atoms with Crippen LogP contribution in [-0.4, -0.2) is 24.8 Å². The number of likely N-dealkylation sites (N-methyl/N-ethyl adjacent to an activating group) is 1. The molecule has 46 valence electrons. The van der Waals surface area contributed by atoms with Crippen LogP contribution in [0, 0.1) is 0 Å².